The molecule has 1 aromatic heterocycles. The van der Waals surface area contributed by atoms with E-state index in [1.807, 2.05) is 24.3 Å². The second-order valence-electron chi connectivity index (χ2n) is 4.93. The van der Waals surface area contributed by atoms with E-state index in [9.17, 15) is 0 Å². The molecule has 0 radical (unpaired) electrons. The SMILES string of the molecule is Nc1nc(OC[C@@H]2CCCNC2)nc2ccccc12. The molecule has 2 heterocycles. The second-order valence-corrected chi connectivity index (χ2v) is 4.93. The Labute approximate surface area is 112 Å². The molecule has 19 heavy (non-hydrogen) atoms. The monoisotopic (exact) mass is 258 g/mol. The molecule has 1 atom stereocenters. The highest BCUT2D eigenvalue weighted by Gasteiger charge is 2.14. The van der Waals surface area contributed by atoms with E-state index < -0.39 is 0 Å². The summed E-state index contributed by atoms with van der Waals surface area (Å²) in [5, 5.41) is 4.24. The fraction of sp³-hybridized carbons (Fsp3) is 0.429. The summed E-state index contributed by atoms with van der Waals surface area (Å²) in [6.07, 6.45) is 2.39. The van der Waals surface area contributed by atoms with Crippen LogP contribution in [0.2, 0.25) is 0 Å². The minimum atomic E-state index is 0.377. The molecule has 1 aromatic carbocycles. The van der Waals surface area contributed by atoms with Gasteiger partial charge in [0.1, 0.15) is 5.82 Å². The van der Waals surface area contributed by atoms with Crippen molar-refractivity contribution in [3.63, 3.8) is 0 Å². The van der Waals surface area contributed by atoms with Crippen molar-refractivity contribution in [1.29, 1.82) is 0 Å². The molecule has 2 aromatic rings. The Morgan fingerprint density at radius 1 is 1.32 bits per heavy atom. The smallest absolute Gasteiger partial charge is 0.318 e. The number of para-hydroxylation sites is 1. The van der Waals surface area contributed by atoms with Crippen LogP contribution in [0.15, 0.2) is 24.3 Å². The van der Waals surface area contributed by atoms with E-state index in [2.05, 4.69) is 15.3 Å². The van der Waals surface area contributed by atoms with Gasteiger partial charge in [-0.3, -0.25) is 0 Å². The largest absolute Gasteiger partial charge is 0.463 e. The maximum absolute atomic E-state index is 5.92. The summed E-state index contributed by atoms with van der Waals surface area (Å²) in [6, 6.07) is 8.07. The lowest BCUT2D eigenvalue weighted by Gasteiger charge is -2.22. The van der Waals surface area contributed by atoms with Gasteiger partial charge in [0.05, 0.1) is 12.1 Å². The molecule has 0 spiro atoms. The predicted octanol–water partition coefficient (Wildman–Crippen LogP) is 1.59. The van der Waals surface area contributed by atoms with Gasteiger partial charge in [-0.2, -0.15) is 9.97 Å². The molecule has 0 bridgehead atoms. The van der Waals surface area contributed by atoms with E-state index in [-0.39, 0.29) is 0 Å². The fourth-order valence-electron chi connectivity index (χ4n) is 2.40. The molecule has 0 unspecified atom stereocenters. The van der Waals surface area contributed by atoms with Crippen molar-refractivity contribution in [3.05, 3.63) is 24.3 Å². The Balaban J connectivity index is 1.73. The lowest BCUT2D eigenvalue weighted by molar-refractivity contribution is 0.206. The summed E-state index contributed by atoms with van der Waals surface area (Å²) in [5.41, 5.74) is 6.75. The zero-order valence-corrected chi connectivity index (χ0v) is 10.8. The third-order valence-electron chi connectivity index (χ3n) is 3.46. The van der Waals surface area contributed by atoms with Crippen LogP contribution in [0.3, 0.4) is 0 Å². The van der Waals surface area contributed by atoms with Crippen LogP contribution in [0.25, 0.3) is 10.9 Å². The Hall–Kier alpha value is -1.88. The van der Waals surface area contributed by atoms with Gasteiger partial charge in [-0.05, 0) is 31.5 Å². The normalized spacial score (nSPS) is 19.5. The zero-order chi connectivity index (χ0) is 13.1. The molecule has 3 N–H and O–H groups in total. The summed E-state index contributed by atoms with van der Waals surface area (Å²) in [4.78, 5) is 8.60. The van der Waals surface area contributed by atoms with Gasteiger partial charge in [-0.1, -0.05) is 12.1 Å². The van der Waals surface area contributed by atoms with Gasteiger partial charge in [0, 0.05) is 17.8 Å². The van der Waals surface area contributed by atoms with Gasteiger partial charge in [0.2, 0.25) is 0 Å². The van der Waals surface area contributed by atoms with Crippen LogP contribution in [0.4, 0.5) is 5.82 Å². The number of nitrogen functional groups attached to an aromatic ring is 1. The number of benzene rings is 1. The van der Waals surface area contributed by atoms with Crippen molar-refractivity contribution in [2.75, 3.05) is 25.4 Å². The van der Waals surface area contributed by atoms with Crippen LogP contribution in [-0.2, 0) is 0 Å². The number of anilines is 1. The molecule has 1 saturated heterocycles. The fourth-order valence-corrected chi connectivity index (χ4v) is 2.40. The lowest BCUT2D eigenvalue weighted by atomic mass is 10.0. The molecule has 0 saturated carbocycles. The molecule has 100 valence electrons. The summed E-state index contributed by atoms with van der Waals surface area (Å²) < 4.78 is 5.69. The molecule has 3 rings (SSSR count). The first-order valence-electron chi connectivity index (χ1n) is 6.69. The first-order valence-corrected chi connectivity index (χ1v) is 6.69. The van der Waals surface area contributed by atoms with Crippen molar-refractivity contribution < 1.29 is 4.74 Å². The van der Waals surface area contributed by atoms with Gasteiger partial charge in [-0.25, -0.2) is 0 Å². The Kier molecular flexibility index (Phi) is 3.46. The molecular weight excluding hydrogens is 240 g/mol. The number of nitrogens with zero attached hydrogens (tertiary/aromatic N) is 2. The number of hydrogen-bond acceptors (Lipinski definition) is 5. The van der Waals surface area contributed by atoms with Crippen molar-refractivity contribution in [3.8, 4) is 6.01 Å². The average Bonchev–Trinajstić information content (AvgIpc) is 2.46. The molecule has 5 nitrogen and oxygen atoms in total. The Bertz CT molecular complexity index is 566. The van der Waals surface area contributed by atoms with Crippen LogP contribution in [0.1, 0.15) is 12.8 Å². The summed E-state index contributed by atoms with van der Waals surface area (Å²) in [5.74, 6) is 1.01. The highest BCUT2D eigenvalue weighted by atomic mass is 16.5. The summed E-state index contributed by atoms with van der Waals surface area (Å²) >= 11 is 0. The van der Waals surface area contributed by atoms with E-state index in [4.69, 9.17) is 10.5 Å². The quantitative estimate of drug-likeness (QED) is 0.874. The number of fused-ring (bicyclic) bond motifs is 1. The maximum Gasteiger partial charge on any atom is 0.318 e. The number of aromatic nitrogens is 2. The number of rotatable bonds is 3. The van der Waals surface area contributed by atoms with E-state index in [1.54, 1.807) is 0 Å². The predicted molar refractivity (Wildman–Crippen MR) is 75.0 cm³/mol. The van der Waals surface area contributed by atoms with Crippen LogP contribution >= 0.6 is 0 Å². The van der Waals surface area contributed by atoms with Crippen molar-refractivity contribution in [1.82, 2.24) is 15.3 Å². The first-order chi connectivity index (χ1) is 9.33. The number of nitrogens with one attached hydrogen (secondary N) is 1. The van der Waals surface area contributed by atoms with Gasteiger partial charge < -0.3 is 15.8 Å². The Morgan fingerprint density at radius 3 is 3.05 bits per heavy atom. The molecule has 1 aliphatic heterocycles. The van der Waals surface area contributed by atoms with Crippen molar-refractivity contribution in [2.24, 2.45) is 5.92 Å². The van der Waals surface area contributed by atoms with Gasteiger partial charge in [-0.15, -0.1) is 0 Å². The lowest BCUT2D eigenvalue weighted by Crippen LogP contribution is -2.33. The summed E-state index contributed by atoms with van der Waals surface area (Å²) in [6.45, 7) is 2.75. The number of hydrogen-bond donors (Lipinski definition) is 2. The number of ether oxygens (including phenoxy) is 1. The molecule has 1 fully saturated rings. The molecule has 0 amide bonds. The minimum absolute atomic E-state index is 0.377. The molecule has 5 heteroatoms. The number of piperidine rings is 1. The van der Waals surface area contributed by atoms with E-state index in [1.165, 1.54) is 12.8 Å². The van der Waals surface area contributed by atoms with E-state index in [0.717, 1.165) is 24.0 Å². The third-order valence-corrected chi connectivity index (χ3v) is 3.46. The molecular formula is C14H18N4O. The Morgan fingerprint density at radius 2 is 2.21 bits per heavy atom. The summed E-state index contributed by atoms with van der Waals surface area (Å²) in [7, 11) is 0. The maximum atomic E-state index is 5.92. The first kappa shape index (κ1) is 12.2. The van der Waals surface area contributed by atoms with Crippen molar-refractivity contribution in [2.45, 2.75) is 12.8 Å². The highest BCUT2D eigenvalue weighted by molar-refractivity contribution is 5.88. The van der Waals surface area contributed by atoms with Gasteiger partial charge in [0.25, 0.3) is 0 Å². The molecule has 1 aliphatic rings. The van der Waals surface area contributed by atoms with Crippen molar-refractivity contribution >= 4 is 16.7 Å². The zero-order valence-electron chi connectivity index (χ0n) is 10.8. The third kappa shape index (κ3) is 2.76. The van der Waals surface area contributed by atoms with Gasteiger partial charge in [0.15, 0.2) is 0 Å². The second kappa shape index (κ2) is 5.40. The van der Waals surface area contributed by atoms with Crippen LogP contribution < -0.4 is 15.8 Å². The van der Waals surface area contributed by atoms with E-state index >= 15 is 0 Å². The molecule has 0 aliphatic carbocycles. The number of nitrogens with two attached hydrogens (primary N) is 1. The standard InChI is InChI=1S/C14H18N4O/c15-13-11-5-1-2-6-12(11)17-14(18-13)19-9-10-4-3-7-16-8-10/h1-2,5-6,10,16H,3-4,7-9H2,(H2,15,17,18)/t10-/m1/s1. The van der Waals surface area contributed by atoms with E-state index in [0.29, 0.717) is 24.4 Å². The minimum Gasteiger partial charge on any atom is -0.463 e. The highest BCUT2D eigenvalue weighted by Crippen LogP contribution is 2.20. The van der Waals surface area contributed by atoms with Crippen LogP contribution in [0.5, 0.6) is 6.01 Å². The average molecular weight is 258 g/mol. The topological polar surface area (TPSA) is 73.1 Å². The van der Waals surface area contributed by atoms with Crippen LogP contribution in [-0.4, -0.2) is 29.7 Å². The van der Waals surface area contributed by atoms with Gasteiger partial charge >= 0.3 is 6.01 Å². The van der Waals surface area contributed by atoms with Crippen LogP contribution in [0, 0.1) is 5.92 Å².